The summed E-state index contributed by atoms with van der Waals surface area (Å²) in [6.45, 7) is 6.59. The van der Waals surface area contributed by atoms with E-state index in [0.717, 1.165) is 18.2 Å². The van der Waals surface area contributed by atoms with Crippen LogP contribution in [0.3, 0.4) is 0 Å². The van der Waals surface area contributed by atoms with Crippen molar-refractivity contribution >= 4 is 0 Å². The minimum absolute atomic E-state index is 0.118. The van der Waals surface area contributed by atoms with E-state index in [1.807, 2.05) is 0 Å². The van der Waals surface area contributed by atoms with E-state index in [1.54, 1.807) is 0 Å². The van der Waals surface area contributed by atoms with Gasteiger partial charge in [0.1, 0.15) is 0 Å². The Bertz CT molecular complexity index is 394. The van der Waals surface area contributed by atoms with E-state index in [9.17, 15) is 0 Å². The Morgan fingerprint density at radius 3 is 2.55 bits per heavy atom. The lowest BCUT2D eigenvalue weighted by atomic mass is 9.80. The minimum Gasteiger partial charge on any atom is -0.338 e. The van der Waals surface area contributed by atoms with E-state index in [0.29, 0.717) is 17.7 Å². The molecular formula is C16H29N3O. The molecule has 1 fully saturated rings. The van der Waals surface area contributed by atoms with Gasteiger partial charge >= 0.3 is 0 Å². The van der Waals surface area contributed by atoms with Crippen molar-refractivity contribution in [3.8, 4) is 0 Å². The molecule has 0 aromatic carbocycles. The number of nitrogens with zero attached hydrogens (tertiary/aromatic N) is 2. The van der Waals surface area contributed by atoms with Crippen molar-refractivity contribution in [2.75, 3.05) is 0 Å². The van der Waals surface area contributed by atoms with Gasteiger partial charge in [-0.2, -0.15) is 4.98 Å². The van der Waals surface area contributed by atoms with Crippen molar-refractivity contribution in [2.45, 2.75) is 77.7 Å². The van der Waals surface area contributed by atoms with Gasteiger partial charge in [-0.15, -0.1) is 0 Å². The molecule has 0 spiro atoms. The zero-order valence-electron chi connectivity index (χ0n) is 13.1. The van der Waals surface area contributed by atoms with Crippen molar-refractivity contribution in [1.82, 2.24) is 10.1 Å². The minimum atomic E-state index is -0.118. The van der Waals surface area contributed by atoms with Gasteiger partial charge in [0.25, 0.3) is 0 Å². The number of hydrogen-bond acceptors (Lipinski definition) is 4. The monoisotopic (exact) mass is 279 g/mol. The summed E-state index contributed by atoms with van der Waals surface area (Å²) >= 11 is 0. The van der Waals surface area contributed by atoms with Crippen molar-refractivity contribution < 1.29 is 4.52 Å². The molecule has 1 saturated carbocycles. The fraction of sp³-hybridized carbons (Fsp3) is 0.875. The summed E-state index contributed by atoms with van der Waals surface area (Å²) in [5.41, 5.74) is 6.10. The van der Waals surface area contributed by atoms with Crippen LogP contribution in [0.25, 0.3) is 0 Å². The molecule has 4 nitrogen and oxygen atoms in total. The fourth-order valence-corrected chi connectivity index (χ4v) is 3.29. The van der Waals surface area contributed by atoms with Crippen LogP contribution in [0.5, 0.6) is 0 Å². The summed E-state index contributed by atoms with van der Waals surface area (Å²) < 4.78 is 5.37. The predicted molar refractivity (Wildman–Crippen MR) is 80.3 cm³/mol. The van der Waals surface area contributed by atoms with Gasteiger partial charge in [0.2, 0.25) is 5.89 Å². The van der Waals surface area contributed by atoms with E-state index >= 15 is 0 Å². The molecule has 4 heteroatoms. The van der Waals surface area contributed by atoms with Crippen molar-refractivity contribution in [3.63, 3.8) is 0 Å². The van der Waals surface area contributed by atoms with Crippen LogP contribution in [0.4, 0.5) is 0 Å². The highest BCUT2D eigenvalue weighted by Gasteiger charge is 2.26. The second-order valence-corrected chi connectivity index (χ2v) is 6.73. The van der Waals surface area contributed by atoms with E-state index in [1.165, 1.54) is 38.5 Å². The van der Waals surface area contributed by atoms with Crippen molar-refractivity contribution in [3.05, 3.63) is 11.7 Å². The van der Waals surface area contributed by atoms with Crippen LogP contribution in [-0.2, 0) is 0 Å². The van der Waals surface area contributed by atoms with Crippen LogP contribution >= 0.6 is 0 Å². The summed E-state index contributed by atoms with van der Waals surface area (Å²) in [5.74, 6) is 3.43. The smallest absolute Gasteiger partial charge is 0.243 e. The molecule has 0 aliphatic heterocycles. The summed E-state index contributed by atoms with van der Waals surface area (Å²) in [6.07, 6.45) is 8.56. The first-order valence-corrected chi connectivity index (χ1v) is 8.19. The summed E-state index contributed by atoms with van der Waals surface area (Å²) in [7, 11) is 0. The van der Waals surface area contributed by atoms with Crippen LogP contribution in [0.1, 0.15) is 89.4 Å². The molecule has 1 aliphatic rings. The van der Waals surface area contributed by atoms with Gasteiger partial charge < -0.3 is 10.3 Å². The van der Waals surface area contributed by atoms with Gasteiger partial charge in [-0.25, -0.2) is 0 Å². The van der Waals surface area contributed by atoms with Crippen LogP contribution < -0.4 is 5.73 Å². The molecule has 0 unspecified atom stereocenters. The highest BCUT2D eigenvalue weighted by Crippen LogP contribution is 2.36. The zero-order chi connectivity index (χ0) is 14.5. The van der Waals surface area contributed by atoms with Crippen LogP contribution in [-0.4, -0.2) is 10.1 Å². The lowest BCUT2D eigenvalue weighted by Crippen LogP contribution is -2.15. The maximum absolute atomic E-state index is 6.10. The molecule has 0 radical (unpaired) electrons. The second kappa shape index (κ2) is 7.21. The van der Waals surface area contributed by atoms with Crippen LogP contribution in [0.15, 0.2) is 4.52 Å². The highest BCUT2D eigenvalue weighted by molar-refractivity contribution is 5.00. The van der Waals surface area contributed by atoms with Gasteiger partial charge in [-0.05, 0) is 43.9 Å². The Labute approximate surface area is 122 Å². The number of aromatic nitrogens is 2. The summed E-state index contributed by atoms with van der Waals surface area (Å²) in [4.78, 5) is 4.56. The third-order valence-corrected chi connectivity index (χ3v) is 4.41. The summed E-state index contributed by atoms with van der Waals surface area (Å²) in [5, 5.41) is 4.17. The molecule has 1 aromatic heterocycles. The molecule has 0 saturated heterocycles. The third-order valence-electron chi connectivity index (χ3n) is 4.41. The predicted octanol–water partition coefficient (Wildman–Crippen LogP) is 4.19. The second-order valence-electron chi connectivity index (χ2n) is 6.73. The van der Waals surface area contributed by atoms with E-state index in [2.05, 4.69) is 30.9 Å². The van der Waals surface area contributed by atoms with Gasteiger partial charge in [0.05, 0.1) is 6.04 Å². The van der Waals surface area contributed by atoms with Gasteiger partial charge in [0.15, 0.2) is 5.82 Å². The molecule has 1 atom stereocenters. The van der Waals surface area contributed by atoms with E-state index in [4.69, 9.17) is 10.3 Å². The standard InChI is InChI=1S/C16H29N3O/c1-4-5-12-6-8-13(9-7-12)15-18-16(20-19-15)14(17)10-11(2)3/h11-14H,4-10,17H2,1-3H3/t12?,13?,14-/m1/s1. The molecule has 1 heterocycles. The maximum atomic E-state index is 6.10. The summed E-state index contributed by atoms with van der Waals surface area (Å²) in [6, 6.07) is -0.118. The maximum Gasteiger partial charge on any atom is 0.243 e. The average molecular weight is 279 g/mol. The molecule has 2 rings (SSSR count). The lowest BCUT2D eigenvalue weighted by molar-refractivity contribution is 0.292. The van der Waals surface area contributed by atoms with Crippen LogP contribution in [0.2, 0.25) is 0 Å². The van der Waals surface area contributed by atoms with Crippen molar-refractivity contribution in [2.24, 2.45) is 17.6 Å². The molecule has 2 N–H and O–H groups in total. The Morgan fingerprint density at radius 1 is 1.25 bits per heavy atom. The topological polar surface area (TPSA) is 64.9 Å². The first-order chi connectivity index (χ1) is 9.60. The third kappa shape index (κ3) is 4.05. The normalized spacial score (nSPS) is 25.1. The lowest BCUT2D eigenvalue weighted by Gasteiger charge is -2.26. The van der Waals surface area contributed by atoms with Gasteiger partial charge in [-0.3, -0.25) is 0 Å². The first kappa shape index (κ1) is 15.5. The number of rotatable bonds is 6. The zero-order valence-corrected chi connectivity index (χ0v) is 13.1. The van der Waals surface area contributed by atoms with E-state index < -0.39 is 0 Å². The van der Waals surface area contributed by atoms with E-state index in [-0.39, 0.29) is 6.04 Å². The van der Waals surface area contributed by atoms with Crippen molar-refractivity contribution in [1.29, 1.82) is 0 Å². The Balaban J connectivity index is 1.89. The number of hydrogen-bond donors (Lipinski definition) is 1. The van der Waals surface area contributed by atoms with Gasteiger partial charge in [0, 0.05) is 5.92 Å². The molecule has 0 bridgehead atoms. The SMILES string of the molecule is CCCC1CCC(c2noc([C@H](N)CC(C)C)n2)CC1. The molecular weight excluding hydrogens is 250 g/mol. The molecule has 0 amide bonds. The van der Waals surface area contributed by atoms with Gasteiger partial charge in [-0.1, -0.05) is 38.8 Å². The molecule has 1 aromatic rings. The average Bonchev–Trinajstić information content (AvgIpc) is 2.89. The highest BCUT2D eigenvalue weighted by atomic mass is 16.5. The quantitative estimate of drug-likeness (QED) is 0.848. The fourth-order valence-electron chi connectivity index (χ4n) is 3.29. The molecule has 20 heavy (non-hydrogen) atoms. The van der Waals surface area contributed by atoms with Crippen LogP contribution in [0, 0.1) is 11.8 Å². The largest absolute Gasteiger partial charge is 0.338 e. The number of nitrogens with two attached hydrogens (primary N) is 1. The Kier molecular flexibility index (Phi) is 5.58. The molecule has 114 valence electrons. The Hall–Kier alpha value is -0.900. The molecule has 1 aliphatic carbocycles. The Morgan fingerprint density at radius 2 is 1.95 bits per heavy atom. The first-order valence-electron chi connectivity index (χ1n) is 8.19.